The summed E-state index contributed by atoms with van der Waals surface area (Å²) in [6.07, 6.45) is 2.24. The van der Waals surface area contributed by atoms with Gasteiger partial charge in [-0.1, -0.05) is 18.2 Å². The van der Waals surface area contributed by atoms with Gasteiger partial charge >= 0.3 is 5.97 Å². The monoisotopic (exact) mass is 356 g/mol. The molecule has 1 aliphatic rings. The van der Waals surface area contributed by atoms with E-state index in [1.165, 1.54) is 12.3 Å². The molecule has 1 aromatic carbocycles. The number of aliphatic carboxylic acids is 1. The molecule has 26 heavy (non-hydrogen) atoms. The van der Waals surface area contributed by atoms with Crippen molar-refractivity contribution in [3.8, 4) is 11.5 Å². The van der Waals surface area contributed by atoms with E-state index >= 15 is 0 Å². The van der Waals surface area contributed by atoms with Crippen LogP contribution in [-0.2, 0) is 9.53 Å². The van der Waals surface area contributed by atoms with Crippen molar-refractivity contribution in [2.24, 2.45) is 0 Å². The molecule has 0 radical (unpaired) electrons. The molecule has 1 amide bonds. The lowest BCUT2D eigenvalue weighted by Crippen LogP contribution is -2.53. The number of carboxylic acid groups (broad SMARTS) is 1. The van der Waals surface area contributed by atoms with Crippen LogP contribution in [0.1, 0.15) is 29.8 Å². The van der Waals surface area contributed by atoms with Crippen LogP contribution in [0.3, 0.4) is 0 Å². The second-order valence-electron chi connectivity index (χ2n) is 6.21. The van der Waals surface area contributed by atoms with E-state index in [0.717, 1.165) is 0 Å². The number of hydrogen-bond donors (Lipinski definition) is 2. The summed E-state index contributed by atoms with van der Waals surface area (Å²) in [6, 6.07) is 12.4. The molecule has 1 saturated heterocycles. The number of nitrogens with one attached hydrogen (secondary N) is 1. The van der Waals surface area contributed by atoms with Gasteiger partial charge in [0, 0.05) is 25.5 Å². The van der Waals surface area contributed by atoms with Gasteiger partial charge in [-0.15, -0.1) is 0 Å². The minimum absolute atomic E-state index is 0.150. The Hall–Kier alpha value is -2.93. The van der Waals surface area contributed by atoms with Crippen molar-refractivity contribution >= 4 is 11.9 Å². The number of benzene rings is 1. The van der Waals surface area contributed by atoms with Crippen molar-refractivity contribution in [3.63, 3.8) is 0 Å². The van der Waals surface area contributed by atoms with Gasteiger partial charge < -0.3 is 19.9 Å². The third-order valence-electron chi connectivity index (χ3n) is 4.26. The average molecular weight is 356 g/mol. The Bertz CT molecular complexity index is 773. The maximum Gasteiger partial charge on any atom is 0.305 e. The summed E-state index contributed by atoms with van der Waals surface area (Å²) in [5, 5.41) is 12.0. The summed E-state index contributed by atoms with van der Waals surface area (Å²) in [4.78, 5) is 27.9. The molecule has 1 aliphatic heterocycles. The maximum absolute atomic E-state index is 12.6. The van der Waals surface area contributed by atoms with Crippen LogP contribution < -0.4 is 10.1 Å². The van der Waals surface area contributed by atoms with Crippen molar-refractivity contribution < 1.29 is 24.2 Å². The van der Waals surface area contributed by atoms with Crippen LogP contribution in [0.25, 0.3) is 0 Å². The van der Waals surface area contributed by atoms with Gasteiger partial charge in [0.1, 0.15) is 17.2 Å². The van der Waals surface area contributed by atoms with E-state index in [0.29, 0.717) is 37.6 Å². The summed E-state index contributed by atoms with van der Waals surface area (Å²) in [5.41, 5.74) is -0.645. The van der Waals surface area contributed by atoms with E-state index in [1.54, 1.807) is 6.07 Å². The van der Waals surface area contributed by atoms with Crippen LogP contribution in [-0.4, -0.2) is 40.7 Å². The van der Waals surface area contributed by atoms with Crippen LogP contribution in [0.2, 0.25) is 0 Å². The largest absolute Gasteiger partial charge is 0.481 e. The van der Waals surface area contributed by atoms with Crippen molar-refractivity contribution in [2.45, 2.75) is 24.8 Å². The summed E-state index contributed by atoms with van der Waals surface area (Å²) in [7, 11) is 0. The highest BCUT2D eigenvalue weighted by atomic mass is 16.5. The Labute approximate surface area is 151 Å². The van der Waals surface area contributed by atoms with E-state index in [1.807, 2.05) is 30.3 Å². The number of ether oxygens (including phenoxy) is 2. The van der Waals surface area contributed by atoms with Crippen LogP contribution in [0.4, 0.5) is 0 Å². The maximum atomic E-state index is 12.6. The second kappa shape index (κ2) is 7.97. The first-order valence-electron chi connectivity index (χ1n) is 8.37. The average Bonchev–Trinajstić information content (AvgIpc) is 2.63. The van der Waals surface area contributed by atoms with Crippen LogP contribution >= 0.6 is 0 Å². The number of pyridine rings is 1. The Morgan fingerprint density at radius 2 is 1.88 bits per heavy atom. The first-order chi connectivity index (χ1) is 12.6. The Balaban J connectivity index is 1.74. The van der Waals surface area contributed by atoms with Gasteiger partial charge in [0.25, 0.3) is 5.91 Å². The standard InChI is InChI=1S/C19H20N2O5/c22-17(23)13-19(7-10-25-11-8-19)21-18(24)16-12-15(6-9-20-16)26-14-4-2-1-3-5-14/h1-6,9,12H,7-8,10-11,13H2,(H,21,24)(H,22,23). The zero-order valence-corrected chi connectivity index (χ0v) is 14.2. The molecule has 3 rings (SSSR count). The van der Waals surface area contributed by atoms with E-state index < -0.39 is 17.4 Å². The predicted octanol–water partition coefficient (Wildman–Crippen LogP) is 2.63. The minimum Gasteiger partial charge on any atom is -0.481 e. The first-order valence-corrected chi connectivity index (χ1v) is 8.37. The molecule has 1 aromatic heterocycles. The number of carbonyl (C=O) groups is 2. The van der Waals surface area contributed by atoms with Gasteiger partial charge in [0.15, 0.2) is 0 Å². The third kappa shape index (κ3) is 4.58. The number of amides is 1. The van der Waals surface area contributed by atoms with Crippen molar-refractivity contribution in [1.82, 2.24) is 10.3 Å². The van der Waals surface area contributed by atoms with Gasteiger partial charge in [-0.3, -0.25) is 14.6 Å². The molecule has 2 heterocycles. The summed E-state index contributed by atoms with van der Waals surface area (Å²) in [6.45, 7) is 0.830. The smallest absolute Gasteiger partial charge is 0.305 e. The molecule has 136 valence electrons. The fourth-order valence-corrected chi connectivity index (χ4v) is 2.93. The molecule has 0 aliphatic carbocycles. The zero-order valence-electron chi connectivity index (χ0n) is 14.2. The van der Waals surface area contributed by atoms with E-state index in [9.17, 15) is 14.7 Å². The predicted molar refractivity (Wildman–Crippen MR) is 93.3 cm³/mol. The molecule has 7 nitrogen and oxygen atoms in total. The lowest BCUT2D eigenvalue weighted by atomic mass is 9.86. The van der Waals surface area contributed by atoms with Gasteiger partial charge in [-0.2, -0.15) is 0 Å². The topological polar surface area (TPSA) is 97.8 Å². The van der Waals surface area contributed by atoms with Crippen LogP contribution in [0, 0.1) is 0 Å². The Kier molecular flexibility index (Phi) is 5.48. The number of para-hydroxylation sites is 1. The minimum atomic E-state index is -0.957. The number of rotatable bonds is 6. The Morgan fingerprint density at radius 1 is 1.15 bits per heavy atom. The van der Waals surface area contributed by atoms with Gasteiger partial charge in [-0.25, -0.2) is 0 Å². The van der Waals surface area contributed by atoms with Gasteiger partial charge in [-0.05, 0) is 31.0 Å². The number of hydrogen-bond acceptors (Lipinski definition) is 5. The lowest BCUT2D eigenvalue weighted by molar-refractivity contribution is -0.139. The van der Waals surface area contributed by atoms with Crippen molar-refractivity contribution in [1.29, 1.82) is 0 Å². The summed E-state index contributed by atoms with van der Waals surface area (Å²) < 4.78 is 11.0. The molecule has 0 unspecified atom stereocenters. The highest BCUT2D eigenvalue weighted by Gasteiger charge is 2.36. The second-order valence-corrected chi connectivity index (χ2v) is 6.21. The number of carboxylic acids is 1. The quantitative estimate of drug-likeness (QED) is 0.826. The molecular formula is C19H20N2O5. The molecule has 2 N–H and O–H groups in total. The highest BCUT2D eigenvalue weighted by molar-refractivity contribution is 5.93. The molecule has 0 spiro atoms. The molecule has 0 saturated carbocycles. The van der Waals surface area contributed by atoms with Crippen LogP contribution in [0.5, 0.6) is 11.5 Å². The van der Waals surface area contributed by atoms with Crippen molar-refractivity contribution in [3.05, 3.63) is 54.4 Å². The fraction of sp³-hybridized carbons (Fsp3) is 0.316. The molecule has 0 atom stereocenters. The van der Waals surface area contributed by atoms with E-state index in [2.05, 4.69) is 10.3 Å². The zero-order chi connectivity index (χ0) is 18.4. The van der Waals surface area contributed by atoms with Crippen molar-refractivity contribution in [2.75, 3.05) is 13.2 Å². The lowest BCUT2D eigenvalue weighted by Gasteiger charge is -2.36. The normalized spacial score (nSPS) is 15.8. The fourth-order valence-electron chi connectivity index (χ4n) is 2.93. The number of nitrogens with zero attached hydrogens (tertiary/aromatic N) is 1. The van der Waals surface area contributed by atoms with Gasteiger partial charge in [0.05, 0.1) is 12.0 Å². The molecule has 0 bridgehead atoms. The van der Waals surface area contributed by atoms with Crippen LogP contribution in [0.15, 0.2) is 48.7 Å². The highest BCUT2D eigenvalue weighted by Crippen LogP contribution is 2.26. The summed E-state index contributed by atoms with van der Waals surface area (Å²) >= 11 is 0. The van der Waals surface area contributed by atoms with E-state index in [-0.39, 0.29) is 12.1 Å². The SMILES string of the molecule is O=C(O)CC1(NC(=O)c2cc(Oc3ccccc3)ccn2)CCOCC1. The first kappa shape index (κ1) is 17.9. The Morgan fingerprint density at radius 3 is 2.58 bits per heavy atom. The number of carbonyl (C=O) groups excluding carboxylic acids is 1. The summed E-state index contributed by atoms with van der Waals surface area (Å²) in [5.74, 6) is -0.250. The molecule has 7 heteroatoms. The molecular weight excluding hydrogens is 336 g/mol. The third-order valence-corrected chi connectivity index (χ3v) is 4.26. The number of aromatic nitrogens is 1. The van der Waals surface area contributed by atoms with E-state index in [4.69, 9.17) is 9.47 Å². The van der Waals surface area contributed by atoms with Gasteiger partial charge in [0.2, 0.25) is 0 Å². The molecule has 2 aromatic rings. The molecule has 1 fully saturated rings.